The van der Waals surface area contributed by atoms with Crippen LogP contribution in [-0.4, -0.2) is 6.04 Å². The fourth-order valence-corrected chi connectivity index (χ4v) is 3.18. The molecule has 3 rings (SSSR count). The number of rotatable bonds is 4. The highest BCUT2D eigenvalue weighted by Crippen LogP contribution is 2.31. The summed E-state index contributed by atoms with van der Waals surface area (Å²) < 4.78 is 5.89. The molecule has 1 aliphatic carbocycles. The second-order valence-corrected chi connectivity index (χ2v) is 6.22. The summed E-state index contributed by atoms with van der Waals surface area (Å²) >= 11 is 12.2. The van der Waals surface area contributed by atoms with Crippen molar-refractivity contribution in [3.63, 3.8) is 0 Å². The molecule has 106 valence electrons. The third-order valence-electron chi connectivity index (χ3n) is 3.91. The van der Waals surface area contributed by atoms with Gasteiger partial charge in [-0.1, -0.05) is 23.2 Å². The van der Waals surface area contributed by atoms with Gasteiger partial charge in [-0.25, -0.2) is 0 Å². The minimum atomic E-state index is 0.662. The first-order valence-electron chi connectivity index (χ1n) is 7.10. The first-order chi connectivity index (χ1) is 9.72. The van der Waals surface area contributed by atoms with Crippen molar-refractivity contribution in [2.45, 2.75) is 38.3 Å². The SMILES string of the molecule is Clc1ccc(Cl)c(-c2ccc(C[NH2+]C3CCCC3)o2)c1. The van der Waals surface area contributed by atoms with Crippen molar-refractivity contribution in [1.82, 2.24) is 0 Å². The van der Waals surface area contributed by atoms with Crippen LogP contribution in [0.1, 0.15) is 31.4 Å². The van der Waals surface area contributed by atoms with E-state index in [4.69, 9.17) is 27.6 Å². The van der Waals surface area contributed by atoms with E-state index in [1.807, 2.05) is 18.2 Å². The van der Waals surface area contributed by atoms with Gasteiger partial charge in [0.15, 0.2) is 5.76 Å². The molecule has 0 radical (unpaired) electrons. The number of hydrogen-bond acceptors (Lipinski definition) is 1. The van der Waals surface area contributed by atoms with E-state index in [9.17, 15) is 0 Å². The van der Waals surface area contributed by atoms with Gasteiger partial charge in [-0.05, 0) is 56.0 Å². The second kappa shape index (κ2) is 6.21. The molecule has 1 aromatic heterocycles. The maximum atomic E-state index is 6.19. The molecule has 0 aliphatic heterocycles. The van der Waals surface area contributed by atoms with Crippen LogP contribution in [0, 0.1) is 0 Å². The molecular weight excluding hydrogens is 293 g/mol. The summed E-state index contributed by atoms with van der Waals surface area (Å²) in [4.78, 5) is 0. The topological polar surface area (TPSA) is 29.8 Å². The van der Waals surface area contributed by atoms with Crippen LogP contribution in [0.4, 0.5) is 0 Å². The van der Waals surface area contributed by atoms with Crippen LogP contribution >= 0.6 is 23.2 Å². The van der Waals surface area contributed by atoms with E-state index in [0.717, 1.165) is 29.7 Å². The summed E-state index contributed by atoms with van der Waals surface area (Å²) in [7, 11) is 0. The zero-order valence-corrected chi connectivity index (χ0v) is 12.8. The van der Waals surface area contributed by atoms with Gasteiger partial charge in [0.2, 0.25) is 0 Å². The fraction of sp³-hybridized carbons (Fsp3) is 0.375. The number of nitrogens with two attached hydrogens (primary N) is 1. The lowest BCUT2D eigenvalue weighted by Gasteiger charge is -2.06. The summed E-state index contributed by atoms with van der Waals surface area (Å²) in [6, 6.07) is 10.2. The Balaban J connectivity index is 1.71. The number of halogens is 2. The van der Waals surface area contributed by atoms with Crippen LogP contribution < -0.4 is 5.32 Å². The third kappa shape index (κ3) is 3.20. The van der Waals surface area contributed by atoms with Gasteiger partial charge in [0.25, 0.3) is 0 Å². The van der Waals surface area contributed by atoms with Gasteiger partial charge in [0, 0.05) is 10.6 Å². The highest BCUT2D eigenvalue weighted by molar-refractivity contribution is 6.35. The first-order valence-corrected chi connectivity index (χ1v) is 7.85. The van der Waals surface area contributed by atoms with E-state index in [0.29, 0.717) is 10.0 Å². The molecule has 0 amide bonds. The Kier molecular flexibility index (Phi) is 4.35. The number of furan rings is 1. The Labute approximate surface area is 129 Å². The van der Waals surface area contributed by atoms with E-state index in [1.54, 1.807) is 12.1 Å². The minimum absolute atomic E-state index is 0.662. The zero-order valence-electron chi connectivity index (χ0n) is 11.2. The summed E-state index contributed by atoms with van der Waals surface area (Å²) in [6.07, 6.45) is 5.38. The predicted octanol–water partition coefficient (Wildman–Crippen LogP) is 4.26. The van der Waals surface area contributed by atoms with Crippen molar-refractivity contribution in [3.8, 4) is 11.3 Å². The Morgan fingerprint density at radius 3 is 2.70 bits per heavy atom. The second-order valence-electron chi connectivity index (χ2n) is 5.37. The molecule has 0 unspecified atom stereocenters. The van der Waals surface area contributed by atoms with Gasteiger partial charge in [-0.2, -0.15) is 0 Å². The van der Waals surface area contributed by atoms with Gasteiger partial charge in [-0.15, -0.1) is 0 Å². The molecular formula is C16H18Cl2NO+. The van der Waals surface area contributed by atoms with Crippen LogP contribution in [0.3, 0.4) is 0 Å². The fourth-order valence-electron chi connectivity index (χ4n) is 2.79. The van der Waals surface area contributed by atoms with Crippen LogP contribution in [-0.2, 0) is 6.54 Å². The lowest BCUT2D eigenvalue weighted by molar-refractivity contribution is -0.704. The maximum absolute atomic E-state index is 6.19. The van der Waals surface area contributed by atoms with E-state index < -0.39 is 0 Å². The van der Waals surface area contributed by atoms with E-state index in [-0.39, 0.29) is 0 Å². The smallest absolute Gasteiger partial charge is 0.158 e. The van der Waals surface area contributed by atoms with Crippen molar-refractivity contribution in [3.05, 3.63) is 46.1 Å². The molecule has 2 aromatic rings. The van der Waals surface area contributed by atoms with Crippen LogP contribution in [0.15, 0.2) is 34.7 Å². The lowest BCUT2D eigenvalue weighted by atomic mass is 10.2. The Bertz CT molecular complexity index is 588. The quantitative estimate of drug-likeness (QED) is 0.898. The largest absolute Gasteiger partial charge is 0.455 e. The van der Waals surface area contributed by atoms with Crippen molar-refractivity contribution in [1.29, 1.82) is 0 Å². The molecule has 0 atom stereocenters. The summed E-state index contributed by atoms with van der Waals surface area (Å²) in [6.45, 7) is 0.892. The maximum Gasteiger partial charge on any atom is 0.158 e. The molecule has 20 heavy (non-hydrogen) atoms. The zero-order chi connectivity index (χ0) is 13.9. The molecule has 1 fully saturated rings. The molecule has 1 saturated carbocycles. The van der Waals surface area contributed by atoms with Crippen molar-refractivity contribution < 1.29 is 9.73 Å². The van der Waals surface area contributed by atoms with Gasteiger partial charge in [-0.3, -0.25) is 0 Å². The van der Waals surface area contributed by atoms with Crippen molar-refractivity contribution in [2.24, 2.45) is 0 Å². The Morgan fingerprint density at radius 2 is 1.90 bits per heavy atom. The van der Waals surface area contributed by atoms with Gasteiger partial charge >= 0.3 is 0 Å². The average Bonchev–Trinajstić information content (AvgIpc) is 3.10. The van der Waals surface area contributed by atoms with E-state index >= 15 is 0 Å². The van der Waals surface area contributed by atoms with E-state index in [1.165, 1.54) is 25.7 Å². The standard InChI is InChI=1S/C16H17Cl2NO/c17-11-5-7-15(18)14(9-11)16-8-6-13(20-16)10-19-12-3-1-2-4-12/h5-9,12,19H,1-4,10H2/p+1. The van der Waals surface area contributed by atoms with Gasteiger partial charge in [0.1, 0.15) is 12.3 Å². The van der Waals surface area contributed by atoms with E-state index in [2.05, 4.69) is 5.32 Å². The minimum Gasteiger partial charge on any atom is -0.455 e. The van der Waals surface area contributed by atoms with Crippen LogP contribution in [0.5, 0.6) is 0 Å². The molecule has 4 heteroatoms. The normalized spacial score (nSPS) is 15.9. The molecule has 1 aliphatic rings. The average molecular weight is 311 g/mol. The molecule has 1 aromatic carbocycles. The molecule has 0 spiro atoms. The summed E-state index contributed by atoms with van der Waals surface area (Å²) in [5, 5.41) is 3.71. The van der Waals surface area contributed by atoms with Gasteiger partial charge < -0.3 is 9.73 Å². The summed E-state index contributed by atoms with van der Waals surface area (Å²) in [5.74, 6) is 1.77. The van der Waals surface area contributed by atoms with Crippen molar-refractivity contribution >= 4 is 23.2 Å². The molecule has 0 saturated heterocycles. The predicted molar refractivity (Wildman–Crippen MR) is 82.0 cm³/mol. The Hall–Kier alpha value is -0.960. The highest BCUT2D eigenvalue weighted by Gasteiger charge is 2.18. The number of benzene rings is 1. The number of hydrogen-bond donors (Lipinski definition) is 1. The molecule has 2 N–H and O–H groups in total. The lowest BCUT2D eigenvalue weighted by Crippen LogP contribution is -2.87. The molecule has 1 heterocycles. The van der Waals surface area contributed by atoms with Crippen molar-refractivity contribution in [2.75, 3.05) is 0 Å². The molecule has 0 bridgehead atoms. The third-order valence-corrected chi connectivity index (χ3v) is 4.47. The van der Waals surface area contributed by atoms with Gasteiger partial charge in [0.05, 0.1) is 11.1 Å². The first kappa shape index (κ1) is 14.0. The number of quaternary nitrogens is 1. The molecule has 2 nitrogen and oxygen atoms in total. The Morgan fingerprint density at radius 1 is 1.10 bits per heavy atom. The van der Waals surface area contributed by atoms with Crippen LogP contribution in [0.25, 0.3) is 11.3 Å². The summed E-state index contributed by atoms with van der Waals surface area (Å²) in [5.41, 5.74) is 0.853. The highest BCUT2D eigenvalue weighted by atomic mass is 35.5. The van der Waals surface area contributed by atoms with Crippen LogP contribution in [0.2, 0.25) is 10.0 Å². The monoisotopic (exact) mass is 310 g/mol.